The number of pyridine rings is 1. The molecule has 2 rings (SSSR count). The second kappa shape index (κ2) is 3.08. The van der Waals surface area contributed by atoms with Crippen LogP contribution in [0.1, 0.15) is 10.5 Å². The van der Waals surface area contributed by atoms with Gasteiger partial charge in [0, 0.05) is 6.20 Å². The molecule has 5 nitrogen and oxygen atoms in total. The number of rotatable bonds is 1. The highest BCUT2D eigenvalue weighted by atomic mass is 19.1. The summed E-state index contributed by atoms with van der Waals surface area (Å²) < 4.78 is 14.2. The van der Waals surface area contributed by atoms with Crippen LogP contribution in [0.15, 0.2) is 24.5 Å². The van der Waals surface area contributed by atoms with Crippen LogP contribution in [0, 0.1) is 5.82 Å². The first kappa shape index (κ1) is 8.64. The Hall–Kier alpha value is -1.95. The van der Waals surface area contributed by atoms with Crippen molar-refractivity contribution < 1.29 is 9.18 Å². The topological polar surface area (TPSA) is 72.4 Å². The standard InChI is InChI=1S/C8H7FN4O/c9-5-1-2-7-11-3-6(8(14)12-10)13(7)4-5/h1-4H,10H2,(H,12,14). The van der Waals surface area contributed by atoms with Gasteiger partial charge in [0.15, 0.2) is 0 Å². The fraction of sp³-hybridized carbons (Fsp3) is 0. The molecule has 0 unspecified atom stereocenters. The summed E-state index contributed by atoms with van der Waals surface area (Å²) in [5.74, 6) is 4.00. The number of aromatic nitrogens is 2. The molecule has 2 heterocycles. The number of hydrogen-bond acceptors (Lipinski definition) is 3. The molecule has 0 aliphatic rings. The second-order valence-corrected chi connectivity index (χ2v) is 2.69. The SMILES string of the molecule is NNC(=O)c1cnc2ccc(F)cn12. The molecule has 1 amide bonds. The maximum absolute atomic E-state index is 12.8. The predicted octanol–water partition coefficient (Wildman–Crippen LogP) is 0.0769. The zero-order valence-electron chi connectivity index (χ0n) is 7.07. The highest BCUT2D eigenvalue weighted by Crippen LogP contribution is 2.07. The molecule has 0 fully saturated rings. The van der Waals surface area contributed by atoms with Crippen molar-refractivity contribution in [1.29, 1.82) is 0 Å². The van der Waals surface area contributed by atoms with E-state index >= 15 is 0 Å². The van der Waals surface area contributed by atoms with Crippen LogP contribution in [0.25, 0.3) is 5.65 Å². The lowest BCUT2D eigenvalue weighted by Gasteiger charge is -1.99. The molecule has 72 valence electrons. The lowest BCUT2D eigenvalue weighted by atomic mass is 10.4. The van der Waals surface area contributed by atoms with Crippen LogP contribution in [0.2, 0.25) is 0 Å². The zero-order chi connectivity index (χ0) is 10.1. The van der Waals surface area contributed by atoms with Crippen LogP contribution in [-0.2, 0) is 0 Å². The first-order chi connectivity index (χ1) is 6.72. The van der Waals surface area contributed by atoms with Gasteiger partial charge in [-0.1, -0.05) is 0 Å². The molecule has 14 heavy (non-hydrogen) atoms. The molecule has 2 aromatic heterocycles. The van der Waals surface area contributed by atoms with E-state index in [1.165, 1.54) is 28.9 Å². The minimum absolute atomic E-state index is 0.196. The summed E-state index contributed by atoms with van der Waals surface area (Å²) in [6, 6.07) is 2.75. The number of nitrogens with one attached hydrogen (secondary N) is 1. The largest absolute Gasteiger partial charge is 0.292 e. The molecule has 6 heteroatoms. The molecule has 0 radical (unpaired) electrons. The fourth-order valence-corrected chi connectivity index (χ4v) is 1.20. The normalized spacial score (nSPS) is 10.4. The zero-order valence-corrected chi connectivity index (χ0v) is 7.07. The maximum atomic E-state index is 12.8. The smallest absolute Gasteiger partial charge is 0.283 e. The second-order valence-electron chi connectivity index (χ2n) is 2.69. The summed E-state index contributed by atoms with van der Waals surface area (Å²) in [4.78, 5) is 15.1. The molecule has 0 aromatic carbocycles. The van der Waals surface area contributed by atoms with Gasteiger partial charge >= 0.3 is 0 Å². The highest BCUT2D eigenvalue weighted by molar-refractivity contribution is 5.92. The van der Waals surface area contributed by atoms with Gasteiger partial charge in [-0.05, 0) is 12.1 Å². The van der Waals surface area contributed by atoms with E-state index in [1.54, 1.807) is 0 Å². The van der Waals surface area contributed by atoms with Crippen LogP contribution in [0.5, 0.6) is 0 Å². The van der Waals surface area contributed by atoms with Gasteiger partial charge in [0.25, 0.3) is 5.91 Å². The van der Waals surface area contributed by atoms with Crippen LogP contribution >= 0.6 is 0 Å². The van der Waals surface area contributed by atoms with Crippen LogP contribution in [-0.4, -0.2) is 15.3 Å². The molecule has 0 saturated carbocycles. The number of nitrogens with zero attached hydrogens (tertiary/aromatic N) is 2. The van der Waals surface area contributed by atoms with Gasteiger partial charge in [0.2, 0.25) is 0 Å². The van der Waals surface area contributed by atoms with Crippen molar-refractivity contribution >= 4 is 11.6 Å². The minimum atomic E-state index is -0.511. The van der Waals surface area contributed by atoms with Gasteiger partial charge in [-0.15, -0.1) is 0 Å². The molecule has 0 atom stereocenters. The molecule has 3 N–H and O–H groups in total. The summed E-state index contributed by atoms with van der Waals surface area (Å²) in [5.41, 5.74) is 2.64. The fourth-order valence-electron chi connectivity index (χ4n) is 1.20. The van der Waals surface area contributed by atoms with Crippen molar-refractivity contribution in [3.63, 3.8) is 0 Å². The Kier molecular flexibility index (Phi) is 1.90. The van der Waals surface area contributed by atoms with E-state index in [4.69, 9.17) is 5.84 Å². The van der Waals surface area contributed by atoms with Crippen molar-refractivity contribution in [3.8, 4) is 0 Å². The number of amides is 1. The molecule has 0 aliphatic heterocycles. The first-order valence-electron chi connectivity index (χ1n) is 3.86. The average Bonchev–Trinajstić information content (AvgIpc) is 2.59. The van der Waals surface area contributed by atoms with Crippen molar-refractivity contribution in [3.05, 3.63) is 36.0 Å². The lowest BCUT2D eigenvalue weighted by Crippen LogP contribution is -2.30. The summed E-state index contributed by atoms with van der Waals surface area (Å²) in [6.45, 7) is 0. The third-order valence-corrected chi connectivity index (χ3v) is 1.83. The number of halogens is 1. The molecular weight excluding hydrogens is 187 g/mol. The third kappa shape index (κ3) is 1.21. The third-order valence-electron chi connectivity index (χ3n) is 1.83. The van der Waals surface area contributed by atoms with Gasteiger partial charge in [-0.25, -0.2) is 15.2 Å². The molecule has 0 bridgehead atoms. The van der Waals surface area contributed by atoms with Crippen molar-refractivity contribution in [2.24, 2.45) is 5.84 Å². The molecular formula is C8H7FN4O. The van der Waals surface area contributed by atoms with E-state index in [9.17, 15) is 9.18 Å². The monoisotopic (exact) mass is 194 g/mol. The number of imidazole rings is 1. The Bertz CT molecular complexity index is 493. The quantitative estimate of drug-likeness (QED) is 0.383. The van der Waals surface area contributed by atoms with E-state index in [-0.39, 0.29) is 5.69 Å². The Balaban J connectivity index is 2.67. The number of carbonyl (C=O) groups excluding carboxylic acids is 1. The lowest BCUT2D eigenvalue weighted by molar-refractivity contribution is 0.0948. The van der Waals surface area contributed by atoms with E-state index in [1.807, 2.05) is 5.43 Å². The summed E-state index contributed by atoms with van der Waals surface area (Å²) in [5, 5.41) is 0. The Morgan fingerprint density at radius 2 is 2.36 bits per heavy atom. The van der Waals surface area contributed by atoms with E-state index in [2.05, 4.69) is 4.98 Å². The number of carbonyl (C=O) groups is 1. The Labute approximate surface area is 78.3 Å². The van der Waals surface area contributed by atoms with Gasteiger partial charge in [-0.3, -0.25) is 14.6 Å². The molecule has 0 saturated heterocycles. The number of hydrogen-bond donors (Lipinski definition) is 2. The van der Waals surface area contributed by atoms with Crippen molar-refractivity contribution in [1.82, 2.24) is 14.8 Å². The molecule has 0 aliphatic carbocycles. The number of nitrogens with two attached hydrogens (primary N) is 1. The Morgan fingerprint density at radius 3 is 3.07 bits per heavy atom. The van der Waals surface area contributed by atoms with Gasteiger partial charge in [0.1, 0.15) is 17.2 Å². The van der Waals surface area contributed by atoms with Crippen LogP contribution in [0.4, 0.5) is 4.39 Å². The van der Waals surface area contributed by atoms with Gasteiger partial charge < -0.3 is 0 Å². The summed E-state index contributed by atoms with van der Waals surface area (Å²) in [6.07, 6.45) is 2.50. The van der Waals surface area contributed by atoms with E-state index in [0.29, 0.717) is 5.65 Å². The predicted molar refractivity (Wildman–Crippen MR) is 46.8 cm³/mol. The van der Waals surface area contributed by atoms with Crippen molar-refractivity contribution in [2.45, 2.75) is 0 Å². The first-order valence-corrected chi connectivity index (χ1v) is 3.86. The summed E-state index contributed by atoms with van der Waals surface area (Å²) >= 11 is 0. The Morgan fingerprint density at radius 1 is 1.57 bits per heavy atom. The van der Waals surface area contributed by atoms with E-state index in [0.717, 1.165) is 0 Å². The number of nitrogen functional groups attached to an aromatic ring is 1. The highest BCUT2D eigenvalue weighted by Gasteiger charge is 2.10. The summed E-state index contributed by atoms with van der Waals surface area (Å²) in [7, 11) is 0. The number of fused-ring (bicyclic) bond motifs is 1. The molecule has 2 aromatic rings. The van der Waals surface area contributed by atoms with Crippen molar-refractivity contribution in [2.75, 3.05) is 0 Å². The van der Waals surface area contributed by atoms with Gasteiger partial charge in [0.05, 0.1) is 6.20 Å². The molecule has 0 spiro atoms. The van der Waals surface area contributed by atoms with Crippen LogP contribution in [0.3, 0.4) is 0 Å². The van der Waals surface area contributed by atoms with Gasteiger partial charge in [-0.2, -0.15) is 0 Å². The van der Waals surface area contributed by atoms with Crippen LogP contribution < -0.4 is 11.3 Å². The number of hydrazine groups is 1. The average molecular weight is 194 g/mol. The maximum Gasteiger partial charge on any atom is 0.283 e. The van der Waals surface area contributed by atoms with E-state index < -0.39 is 11.7 Å². The minimum Gasteiger partial charge on any atom is -0.292 e.